The molecule has 0 fully saturated rings. The number of carbonyl (C=O) groups is 1. The average molecular weight is 199 g/mol. The lowest BCUT2D eigenvalue weighted by atomic mass is 10.2. The lowest BCUT2D eigenvalue weighted by molar-refractivity contribution is -0.118. The zero-order valence-electron chi connectivity index (χ0n) is 7.97. The highest BCUT2D eigenvalue weighted by Gasteiger charge is 2.08. The summed E-state index contributed by atoms with van der Waals surface area (Å²) >= 11 is 0. The second kappa shape index (κ2) is 4.17. The zero-order valence-corrected chi connectivity index (χ0v) is 7.97. The van der Waals surface area contributed by atoms with E-state index in [9.17, 15) is 13.6 Å². The normalized spacial score (nSPS) is 10.4. The Balaban J connectivity index is 2.82. The lowest BCUT2D eigenvalue weighted by Crippen LogP contribution is -2.17. The first-order chi connectivity index (χ1) is 6.49. The van der Waals surface area contributed by atoms with Crippen molar-refractivity contribution in [3.05, 3.63) is 29.8 Å². The highest BCUT2D eigenvalue weighted by atomic mass is 19.1. The summed E-state index contributed by atoms with van der Waals surface area (Å²) in [6, 6.07) is 2.90. The Hall–Kier alpha value is -1.45. The summed E-state index contributed by atoms with van der Waals surface area (Å²) in [6.07, 6.45) is 0. The van der Waals surface area contributed by atoms with E-state index in [1.165, 1.54) is 0 Å². The molecule has 0 saturated heterocycles. The summed E-state index contributed by atoms with van der Waals surface area (Å²) < 4.78 is 25.4. The van der Waals surface area contributed by atoms with E-state index in [-0.39, 0.29) is 17.5 Å². The van der Waals surface area contributed by atoms with Crippen LogP contribution in [0.15, 0.2) is 18.2 Å². The molecule has 0 bridgehead atoms. The van der Waals surface area contributed by atoms with Crippen molar-refractivity contribution >= 4 is 11.6 Å². The summed E-state index contributed by atoms with van der Waals surface area (Å²) in [5, 5.41) is 2.40. The van der Waals surface area contributed by atoms with Crippen molar-refractivity contribution in [1.82, 2.24) is 0 Å². The van der Waals surface area contributed by atoms with Gasteiger partial charge in [0, 0.05) is 17.7 Å². The van der Waals surface area contributed by atoms with Gasteiger partial charge in [-0.05, 0) is 12.1 Å². The Labute approximate surface area is 80.9 Å². The van der Waals surface area contributed by atoms with Gasteiger partial charge in [0.05, 0.1) is 0 Å². The van der Waals surface area contributed by atoms with E-state index in [1.807, 2.05) is 0 Å². The van der Waals surface area contributed by atoms with E-state index in [0.29, 0.717) is 0 Å². The topological polar surface area (TPSA) is 29.1 Å². The number of amides is 1. The number of halogens is 2. The Morgan fingerprint density at radius 1 is 1.21 bits per heavy atom. The van der Waals surface area contributed by atoms with Gasteiger partial charge in [-0.3, -0.25) is 4.79 Å². The van der Waals surface area contributed by atoms with E-state index < -0.39 is 11.6 Å². The van der Waals surface area contributed by atoms with Crippen molar-refractivity contribution in [1.29, 1.82) is 0 Å². The standard InChI is InChI=1S/C10H11F2NO/c1-6(2)10(14)13-9-4-7(11)3-8(12)5-9/h3-6H,1-2H3,(H,13,14). The number of nitrogens with one attached hydrogen (secondary N) is 1. The molecule has 0 radical (unpaired) electrons. The molecule has 0 saturated carbocycles. The van der Waals surface area contributed by atoms with Crippen molar-refractivity contribution in [2.45, 2.75) is 13.8 Å². The van der Waals surface area contributed by atoms with Crippen LogP contribution < -0.4 is 5.32 Å². The second-order valence-corrected chi connectivity index (χ2v) is 3.30. The van der Waals surface area contributed by atoms with Gasteiger partial charge < -0.3 is 5.32 Å². The lowest BCUT2D eigenvalue weighted by Gasteiger charge is -2.07. The maximum absolute atomic E-state index is 12.7. The van der Waals surface area contributed by atoms with Crippen molar-refractivity contribution in [2.75, 3.05) is 5.32 Å². The van der Waals surface area contributed by atoms with Gasteiger partial charge in [0.1, 0.15) is 11.6 Å². The van der Waals surface area contributed by atoms with Gasteiger partial charge in [0.15, 0.2) is 0 Å². The summed E-state index contributed by atoms with van der Waals surface area (Å²) in [6.45, 7) is 3.40. The number of hydrogen-bond donors (Lipinski definition) is 1. The van der Waals surface area contributed by atoms with E-state index >= 15 is 0 Å². The molecule has 0 aliphatic heterocycles. The third kappa shape index (κ3) is 2.80. The summed E-state index contributed by atoms with van der Waals surface area (Å²) in [7, 11) is 0. The predicted octanol–water partition coefficient (Wildman–Crippen LogP) is 2.56. The fourth-order valence-electron chi connectivity index (χ4n) is 0.913. The fraction of sp³-hybridized carbons (Fsp3) is 0.300. The molecule has 0 aromatic heterocycles. The molecule has 14 heavy (non-hydrogen) atoms. The van der Waals surface area contributed by atoms with Crippen LogP contribution in [0.25, 0.3) is 0 Å². The minimum Gasteiger partial charge on any atom is -0.326 e. The second-order valence-electron chi connectivity index (χ2n) is 3.30. The molecule has 0 atom stereocenters. The molecule has 1 aromatic rings. The zero-order chi connectivity index (χ0) is 10.7. The van der Waals surface area contributed by atoms with Gasteiger partial charge in [0.2, 0.25) is 5.91 Å². The SMILES string of the molecule is CC(C)C(=O)Nc1cc(F)cc(F)c1. The molecule has 76 valence electrons. The van der Waals surface area contributed by atoms with Crippen LogP contribution in [-0.2, 0) is 4.79 Å². The van der Waals surface area contributed by atoms with Crippen molar-refractivity contribution in [2.24, 2.45) is 5.92 Å². The van der Waals surface area contributed by atoms with Crippen LogP contribution in [0.5, 0.6) is 0 Å². The monoisotopic (exact) mass is 199 g/mol. The number of rotatable bonds is 2. The van der Waals surface area contributed by atoms with Gasteiger partial charge in [0.25, 0.3) is 0 Å². The van der Waals surface area contributed by atoms with Crippen LogP contribution in [0.1, 0.15) is 13.8 Å². The summed E-state index contributed by atoms with van der Waals surface area (Å²) in [5.74, 6) is -1.90. The highest BCUT2D eigenvalue weighted by Crippen LogP contribution is 2.13. The molecular weight excluding hydrogens is 188 g/mol. The van der Waals surface area contributed by atoms with Crippen molar-refractivity contribution in [3.8, 4) is 0 Å². The van der Waals surface area contributed by atoms with Crippen LogP contribution in [-0.4, -0.2) is 5.91 Å². The maximum atomic E-state index is 12.7. The third-order valence-electron chi connectivity index (χ3n) is 1.65. The summed E-state index contributed by atoms with van der Waals surface area (Å²) in [4.78, 5) is 11.2. The number of anilines is 1. The summed E-state index contributed by atoms with van der Waals surface area (Å²) in [5.41, 5.74) is 0.140. The van der Waals surface area contributed by atoms with E-state index in [4.69, 9.17) is 0 Å². The number of benzene rings is 1. The van der Waals surface area contributed by atoms with Gasteiger partial charge in [-0.15, -0.1) is 0 Å². The van der Waals surface area contributed by atoms with Crippen LogP contribution in [0.3, 0.4) is 0 Å². The van der Waals surface area contributed by atoms with Crippen LogP contribution in [0.2, 0.25) is 0 Å². The molecule has 1 aromatic carbocycles. The Bertz CT molecular complexity index is 330. The smallest absolute Gasteiger partial charge is 0.226 e. The van der Waals surface area contributed by atoms with Crippen LogP contribution in [0, 0.1) is 17.6 Å². The Morgan fingerprint density at radius 2 is 1.71 bits per heavy atom. The molecule has 0 aliphatic carbocycles. The quantitative estimate of drug-likeness (QED) is 0.779. The Morgan fingerprint density at radius 3 is 2.14 bits per heavy atom. The fourth-order valence-corrected chi connectivity index (χ4v) is 0.913. The maximum Gasteiger partial charge on any atom is 0.226 e. The highest BCUT2D eigenvalue weighted by molar-refractivity contribution is 5.91. The molecule has 1 N–H and O–H groups in total. The molecule has 4 heteroatoms. The molecule has 2 nitrogen and oxygen atoms in total. The molecule has 1 rings (SSSR count). The first kappa shape index (κ1) is 10.6. The molecule has 0 heterocycles. The molecule has 0 aliphatic rings. The minimum absolute atomic E-state index is 0.140. The first-order valence-corrected chi connectivity index (χ1v) is 4.26. The number of carbonyl (C=O) groups excluding carboxylic acids is 1. The van der Waals surface area contributed by atoms with Gasteiger partial charge in [-0.25, -0.2) is 8.78 Å². The molecular formula is C10H11F2NO. The van der Waals surface area contributed by atoms with Crippen molar-refractivity contribution < 1.29 is 13.6 Å². The number of hydrogen-bond acceptors (Lipinski definition) is 1. The van der Waals surface area contributed by atoms with E-state index in [0.717, 1.165) is 18.2 Å². The van der Waals surface area contributed by atoms with Gasteiger partial charge in [-0.1, -0.05) is 13.8 Å². The van der Waals surface area contributed by atoms with E-state index in [2.05, 4.69) is 5.32 Å². The van der Waals surface area contributed by atoms with Crippen LogP contribution >= 0.6 is 0 Å². The van der Waals surface area contributed by atoms with E-state index in [1.54, 1.807) is 13.8 Å². The first-order valence-electron chi connectivity index (χ1n) is 4.26. The Kier molecular flexibility index (Phi) is 3.17. The largest absolute Gasteiger partial charge is 0.326 e. The predicted molar refractivity (Wildman–Crippen MR) is 49.8 cm³/mol. The van der Waals surface area contributed by atoms with Gasteiger partial charge >= 0.3 is 0 Å². The molecule has 0 spiro atoms. The third-order valence-corrected chi connectivity index (χ3v) is 1.65. The molecule has 1 amide bonds. The van der Waals surface area contributed by atoms with Crippen LogP contribution in [0.4, 0.5) is 14.5 Å². The van der Waals surface area contributed by atoms with Crippen molar-refractivity contribution in [3.63, 3.8) is 0 Å². The van der Waals surface area contributed by atoms with Gasteiger partial charge in [-0.2, -0.15) is 0 Å². The molecule has 0 unspecified atom stereocenters. The minimum atomic E-state index is -0.705. The average Bonchev–Trinajstić information content (AvgIpc) is 2.01.